The van der Waals surface area contributed by atoms with E-state index in [1.807, 2.05) is 6.92 Å². The number of rotatable bonds is 8. The van der Waals surface area contributed by atoms with Gasteiger partial charge in [0.25, 0.3) is 0 Å². The molecule has 0 aliphatic carbocycles. The molecule has 108 valence electrons. The molecule has 1 heterocycles. The molecule has 0 aromatic carbocycles. The van der Waals surface area contributed by atoms with Gasteiger partial charge in [0.2, 0.25) is 10.0 Å². The first-order valence-corrected chi connectivity index (χ1v) is 8.89. The summed E-state index contributed by atoms with van der Waals surface area (Å²) < 4.78 is 26.8. The van der Waals surface area contributed by atoms with Crippen LogP contribution in [-0.4, -0.2) is 33.3 Å². The second kappa shape index (κ2) is 8.12. The van der Waals surface area contributed by atoms with Crippen molar-refractivity contribution < 1.29 is 8.42 Å². The van der Waals surface area contributed by atoms with Gasteiger partial charge in [-0.2, -0.15) is 0 Å². The van der Waals surface area contributed by atoms with Gasteiger partial charge in [-0.3, -0.25) is 0 Å². The van der Waals surface area contributed by atoms with Crippen LogP contribution in [0.3, 0.4) is 0 Å². The number of hydrogen-bond donors (Lipinski definition) is 2. The van der Waals surface area contributed by atoms with Crippen molar-refractivity contribution in [3.63, 3.8) is 0 Å². The summed E-state index contributed by atoms with van der Waals surface area (Å²) in [6.45, 7) is 5.99. The van der Waals surface area contributed by atoms with Crippen molar-refractivity contribution in [2.75, 3.05) is 18.8 Å². The van der Waals surface area contributed by atoms with E-state index in [4.69, 9.17) is 0 Å². The number of unbranched alkanes of at least 4 members (excludes halogenated alkanes) is 2. The highest BCUT2D eigenvalue weighted by molar-refractivity contribution is 7.89. The minimum absolute atomic E-state index is 0.0677. The van der Waals surface area contributed by atoms with E-state index in [9.17, 15) is 8.42 Å². The van der Waals surface area contributed by atoms with Crippen molar-refractivity contribution in [2.45, 2.75) is 58.4 Å². The van der Waals surface area contributed by atoms with Crippen molar-refractivity contribution in [1.29, 1.82) is 0 Å². The summed E-state index contributed by atoms with van der Waals surface area (Å²) in [6.07, 6.45) is 6.51. The molecule has 0 spiro atoms. The number of hydrogen-bond acceptors (Lipinski definition) is 3. The summed E-state index contributed by atoms with van der Waals surface area (Å²) in [5.74, 6) is 0.553. The van der Waals surface area contributed by atoms with Gasteiger partial charge in [-0.15, -0.1) is 0 Å². The van der Waals surface area contributed by atoms with E-state index in [-0.39, 0.29) is 17.7 Å². The van der Waals surface area contributed by atoms with Gasteiger partial charge in [-0.25, -0.2) is 13.1 Å². The van der Waals surface area contributed by atoms with Crippen LogP contribution >= 0.6 is 0 Å². The topological polar surface area (TPSA) is 58.2 Å². The van der Waals surface area contributed by atoms with Gasteiger partial charge in [0, 0.05) is 6.04 Å². The molecule has 1 fully saturated rings. The first kappa shape index (κ1) is 15.9. The summed E-state index contributed by atoms with van der Waals surface area (Å²) >= 11 is 0. The molecule has 4 nitrogen and oxygen atoms in total. The molecule has 0 aromatic rings. The van der Waals surface area contributed by atoms with E-state index >= 15 is 0 Å². The van der Waals surface area contributed by atoms with E-state index in [0.717, 1.165) is 38.8 Å². The Labute approximate surface area is 112 Å². The van der Waals surface area contributed by atoms with Crippen molar-refractivity contribution in [2.24, 2.45) is 5.92 Å². The molecule has 1 aliphatic heterocycles. The van der Waals surface area contributed by atoms with Gasteiger partial charge >= 0.3 is 0 Å². The maximum Gasteiger partial charge on any atom is 0.212 e. The second-order valence-corrected chi connectivity index (χ2v) is 7.31. The molecule has 2 atom stereocenters. The van der Waals surface area contributed by atoms with Crippen LogP contribution < -0.4 is 10.0 Å². The van der Waals surface area contributed by atoms with Crippen molar-refractivity contribution in [3.05, 3.63) is 0 Å². The molecule has 2 N–H and O–H groups in total. The number of piperidine rings is 1. The quantitative estimate of drug-likeness (QED) is 0.665. The SMILES string of the molecule is CCCCCC(C)NS(=O)(=O)CC1CCCNC1. The molecule has 0 aromatic heterocycles. The van der Waals surface area contributed by atoms with Crippen LogP contribution in [0.2, 0.25) is 0 Å². The molecule has 0 saturated carbocycles. The lowest BCUT2D eigenvalue weighted by Gasteiger charge is -2.23. The highest BCUT2D eigenvalue weighted by atomic mass is 32.2. The van der Waals surface area contributed by atoms with Gasteiger partial charge in [0.15, 0.2) is 0 Å². The zero-order valence-electron chi connectivity index (χ0n) is 11.7. The van der Waals surface area contributed by atoms with Gasteiger partial charge in [0.05, 0.1) is 5.75 Å². The van der Waals surface area contributed by atoms with E-state index in [1.54, 1.807) is 0 Å². The third-order valence-electron chi connectivity index (χ3n) is 3.48. The van der Waals surface area contributed by atoms with Crippen LogP contribution in [0.25, 0.3) is 0 Å². The second-order valence-electron chi connectivity index (χ2n) is 5.51. The van der Waals surface area contributed by atoms with Crippen LogP contribution in [-0.2, 0) is 10.0 Å². The van der Waals surface area contributed by atoms with E-state index in [1.165, 1.54) is 12.8 Å². The molecule has 18 heavy (non-hydrogen) atoms. The van der Waals surface area contributed by atoms with Gasteiger partial charge in [0.1, 0.15) is 0 Å². The Bertz CT molecular complexity index is 311. The summed E-state index contributed by atoms with van der Waals surface area (Å²) in [6, 6.07) is 0.0677. The van der Waals surface area contributed by atoms with Gasteiger partial charge < -0.3 is 5.32 Å². The molecule has 5 heteroatoms. The van der Waals surface area contributed by atoms with Gasteiger partial charge in [-0.05, 0) is 45.2 Å². The summed E-state index contributed by atoms with van der Waals surface area (Å²) in [5.41, 5.74) is 0. The average Bonchev–Trinajstić information content (AvgIpc) is 2.29. The van der Waals surface area contributed by atoms with Gasteiger partial charge in [-0.1, -0.05) is 26.2 Å². The summed E-state index contributed by atoms with van der Waals surface area (Å²) in [4.78, 5) is 0. The average molecular weight is 276 g/mol. The molecule has 1 rings (SSSR count). The lowest BCUT2D eigenvalue weighted by Crippen LogP contribution is -2.40. The smallest absolute Gasteiger partial charge is 0.212 e. The Morgan fingerprint density at radius 3 is 2.78 bits per heavy atom. The maximum absolute atomic E-state index is 12.0. The monoisotopic (exact) mass is 276 g/mol. The fourth-order valence-electron chi connectivity index (χ4n) is 2.49. The third kappa shape index (κ3) is 6.71. The summed E-state index contributed by atoms with van der Waals surface area (Å²) in [5, 5.41) is 3.26. The lowest BCUT2D eigenvalue weighted by atomic mass is 10.0. The normalized spacial score (nSPS) is 22.9. The third-order valence-corrected chi connectivity index (χ3v) is 5.15. The van der Waals surface area contributed by atoms with E-state index in [0.29, 0.717) is 0 Å². The number of nitrogens with one attached hydrogen (secondary N) is 2. The van der Waals surface area contributed by atoms with Crippen molar-refractivity contribution >= 4 is 10.0 Å². The van der Waals surface area contributed by atoms with E-state index in [2.05, 4.69) is 17.0 Å². The fraction of sp³-hybridized carbons (Fsp3) is 1.00. The highest BCUT2D eigenvalue weighted by Gasteiger charge is 2.22. The minimum Gasteiger partial charge on any atom is -0.316 e. The van der Waals surface area contributed by atoms with Crippen LogP contribution in [0.4, 0.5) is 0 Å². The van der Waals surface area contributed by atoms with E-state index < -0.39 is 10.0 Å². The summed E-state index contributed by atoms with van der Waals surface area (Å²) in [7, 11) is -3.11. The van der Waals surface area contributed by atoms with Crippen molar-refractivity contribution in [3.8, 4) is 0 Å². The zero-order valence-corrected chi connectivity index (χ0v) is 12.6. The predicted octanol–water partition coefficient (Wildman–Crippen LogP) is 1.87. The first-order valence-electron chi connectivity index (χ1n) is 7.24. The standard InChI is InChI=1S/C13H28N2O2S/c1-3-4-5-7-12(2)15-18(16,17)11-13-8-6-9-14-10-13/h12-15H,3-11H2,1-2H3. The molecule has 0 radical (unpaired) electrons. The molecular weight excluding hydrogens is 248 g/mol. The first-order chi connectivity index (χ1) is 8.53. The predicted molar refractivity (Wildman–Crippen MR) is 76.1 cm³/mol. The highest BCUT2D eigenvalue weighted by Crippen LogP contribution is 2.13. The Morgan fingerprint density at radius 1 is 1.39 bits per heavy atom. The van der Waals surface area contributed by atoms with Crippen molar-refractivity contribution in [1.82, 2.24) is 10.0 Å². The molecule has 0 bridgehead atoms. The fourth-order valence-corrected chi connectivity index (χ4v) is 4.22. The maximum atomic E-state index is 12.0. The molecule has 1 aliphatic rings. The Balaban J connectivity index is 2.29. The Kier molecular flexibility index (Phi) is 7.19. The van der Waals surface area contributed by atoms with Crippen LogP contribution in [0.1, 0.15) is 52.4 Å². The van der Waals surface area contributed by atoms with Crippen LogP contribution in [0.15, 0.2) is 0 Å². The number of sulfonamides is 1. The largest absolute Gasteiger partial charge is 0.316 e. The molecule has 1 saturated heterocycles. The lowest BCUT2D eigenvalue weighted by molar-refractivity contribution is 0.401. The van der Waals surface area contributed by atoms with Crippen LogP contribution in [0, 0.1) is 5.92 Å². The van der Waals surface area contributed by atoms with Crippen LogP contribution in [0.5, 0.6) is 0 Å². The molecular formula is C13H28N2O2S. The Morgan fingerprint density at radius 2 is 2.17 bits per heavy atom. The zero-order chi connectivity index (χ0) is 13.4. The minimum atomic E-state index is -3.11. The Hall–Kier alpha value is -0.130. The molecule has 0 amide bonds. The molecule has 2 unspecified atom stereocenters.